The maximum absolute atomic E-state index is 12.8. The number of rotatable bonds is 4. The van der Waals surface area contributed by atoms with Gasteiger partial charge in [0.15, 0.2) is 5.13 Å². The average Bonchev–Trinajstić information content (AvgIpc) is 3.17. The van der Waals surface area contributed by atoms with E-state index in [2.05, 4.69) is 10.3 Å². The third kappa shape index (κ3) is 3.46. The van der Waals surface area contributed by atoms with Crippen LogP contribution in [0.5, 0.6) is 0 Å². The van der Waals surface area contributed by atoms with Crippen LogP contribution in [0.25, 0.3) is 0 Å². The number of sulfonamides is 1. The Balaban J connectivity index is 1.81. The molecule has 0 spiro atoms. The monoisotopic (exact) mass is 385 g/mol. The van der Waals surface area contributed by atoms with Crippen molar-refractivity contribution in [1.82, 2.24) is 9.29 Å². The Morgan fingerprint density at radius 3 is 2.71 bits per heavy atom. The number of halogens is 1. The molecule has 1 aliphatic rings. The summed E-state index contributed by atoms with van der Waals surface area (Å²) >= 11 is 7.13. The van der Waals surface area contributed by atoms with Crippen LogP contribution in [-0.2, 0) is 14.8 Å². The second-order valence-electron chi connectivity index (χ2n) is 5.51. The molecule has 3 rings (SSSR count). The first kappa shape index (κ1) is 17.3. The van der Waals surface area contributed by atoms with E-state index in [-0.39, 0.29) is 10.8 Å². The number of hydrogen-bond donors (Lipinski definition) is 1. The van der Waals surface area contributed by atoms with E-state index in [9.17, 15) is 13.2 Å². The molecule has 1 N–H and O–H groups in total. The molecule has 0 radical (unpaired) electrons. The lowest BCUT2D eigenvalue weighted by Gasteiger charge is -2.23. The van der Waals surface area contributed by atoms with Gasteiger partial charge < -0.3 is 5.32 Å². The molecular formula is C15H16ClN3O3S2. The fraction of sp³-hybridized carbons (Fsp3) is 0.333. The van der Waals surface area contributed by atoms with Crippen LogP contribution in [0.3, 0.4) is 0 Å². The van der Waals surface area contributed by atoms with Gasteiger partial charge in [0, 0.05) is 16.9 Å². The van der Waals surface area contributed by atoms with Crippen LogP contribution >= 0.6 is 22.9 Å². The minimum atomic E-state index is -3.74. The molecule has 0 unspecified atom stereocenters. The Bertz CT molecular complexity index is 849. The van der Waals surface area contributed by atoms with E-state index in [1.165, 1.54) is 39.9 Å². The Labute approximate surface area is 149 Å². The fourth-order valence-corrected chi connectivity index (χ4v) is 5.11. The second kappa shape index (κ2) is 6.79. The normalized spacial score (nSPS) is 18.7. The summed E-state index contributed by atoms with van der Waals surface area (Å²) in [7, 11) is -3.74. The predicted octanol–water partition coefficient (Wildman–Crippen LogP) is 2.90. The van der Waals surface area contributed by atoms with Crippen molar-refractivity contribution in [3.05, 3.63) is 40.4 Å². The second-order valence-corrected chi connectivity index (χ2v) is 8.70. The summed E-state index contributed by atoms with van der Waals surface area (Å²) in [5, 5.41) is 5.48. The molecule has 1 atom stereocenters. The lowest BCUT2D eigenvalue weighted by Crippen LogP contribution is -2.43. The quantitative estimate of drug-likeness (QED) is 0.877. The molecule has 0 saturated carbocycles. The average molecular weight is 386 g/mol. The highest BCUT2D eigenvalue weighted by Crippen LogP contribution is 2.28. The molecular weight excluding hydrogens is 370 g/mol. The van der Waals surface area contributed by atoms with Crippen molar-refractivity contribution < 1.29 is 13.2 Å². The van der Waals surface area contributed by atoms with Gasteiger partial charge in [-0.05, 0) is 44.0 Å². The smallest absolute Gasteiger partial charge is 0.244 e. The standard InChI is InChI=1S/C15H16ClN3O3S2/c1-10-9-23-15(17-10)18-14(20)13-3-2-8-19(13)24(21,22)12-6-4-11(16)5-7-12/h4-7,9,13H,2-3,8H2,1H3,(H,17,18,20)/t13-/m1/s1. The lowest BCUT2D eigenvalue weighted by molar-refractivity contribution is -0.119. The number of nitrogens with one attached hydrogen (secondary N) is 1. The molecule has 0 aliphatic carbocycles. The lowest BCUT2D eigenvalue weighted by atomic mass is 10.2. The first-order chi connectivity index (χ1) is 11.4. The van der Waals surface area contributed by atoms with Gasteiger partial charge in [-0.15, -0.1) is 11.3 Å². The van der Waals surface area contributed by atoms with Gasteiger partial charge in [-0.3, -0.25) is 4.79 Å². The van der Waals surface area contributed by atoms with Crippen molar-refractivity contribution >= 4 is 44.0 Å². The number of amides is 1. The fourth-order valence-electron chi connectivity index (χ4n) is 2.63. The Morgan fingerprint density at radius 2 is 2.08 bits per heavy atom. The maximum Gasteiger partial charge on any atom is 0.244 e. The number of carbonyl (C=O) groups excluding carboxylic acids is 1. The van der Waals surface area contributed by atoms with Gasteiger partial charge in [-0.2, -0.15) is 4.31 Å². The van der Waals surface area contributed by atoms with Gasteiger partial charge in [0.05, 0.1) is 10.6 Å². The van der Waals surface area contributed by atoms with Crippen LogP contribution < -0.4 is 5.32 Å². The highest BCUT2D eigenvalue weighted by Gasteiger charge is 2.39. The zero-order chi connectivity index (χ0) is 17.3. The van der Waals surface area contributed by atoms with Gasteiger partial charge in [-0.1, -0.05) is 11.6 Å². The Morgan fingerprint density at radius 1 is 1.38 bits per heavy atom. The molecule has 1 aliphatic heterocycles. The number of hydrogen-bond acceptors (Lipinski definition) is 5. The van der Waals surface area contributed by atoms with E-state index >= 15 is 0 Å². The van der Waals surface area contributed by atoms with Crippen LogP contribution in [0.4, 0.5) is 5.13 Å². The highest BCUT2D eigenvalue weighted by molar-refractivity contribution is 7.89. The van der Waals surface area contributed by atoms with Crippen LogP contribution in [-0.4, -0.2) is 36.2 Å². The SMILES string of the molecule is Cc1csc(NC(=O)[C@H]2CCCN2S(=O)(=O)c2ccc(Cl)cc2)n1. The van der Waals surface area contributed by atoms with Crippen LogP contribution in [0.2, 0.25) is 5.02 Å². The first-order valence-corrected chi connectivity index (χ1v) is 10.1. The number of nitrogens with zero attached hydrogens (tertiary/aromatic N) is 2. The number of carbonyl (C=O) groups is 1. The van der Waals surface area contributed by atoms with E-state index in [0.717, 1.165) is 5.69 Å². The van der Waals surface area contributed by atoms with E-state index < -0.39 is 16.1 Å². The van der Waals surface area contributed by atoms with Gasteiger partial charge in [-0.25, -0.2) is 13.4 Å². The Hall–Kier alpha value is -1.48. The third-order valence-corrected chi connectivity index (χ3v) is 6.83. The molecule has 128 valence electrons. The maximum atomic E-state index is 12.8. The molecule has 1 saturated heterocycles. The topological polar surface area (TPSA) is 79.4 Å². The largest absolute Gasteiger partial charge is 0.301 e. The van der Waals surface area contributed by atoms with Crippen LogP contribution in [0.15, 0.2) is 34.5 Å². The summed E-state index contributed by atoms with van der Waals surface area (Å²) in [6.07, 6.45) is 1.13. The minimum Gasteiger partial charge on any atom is -0.301 e. The molecule has 24 heavy (non-hydrogen) atoms. The van der Waals surface area contributed by atoms with Crippen molar-refractivity contribution in [2.75, 3.05) is 11.9 Å². The zero-order valence-corrected chi connectivity index (χ0v) is 15.3. The van der Waals surface area contributed by atoms with Crippen LogP contribution in [0.1, 0.15) is 18.5 Å². The van der Waals surface area contributed by atoms with E-state index in [4.69, 9.17) is 11.6 Å². The van der Waals surface area contributed by atoms with E-state index in [1.54, 1.807) is 0 Å². The predicted molar refractivity (Wildman–Crippen MR) is 93.8 cm³/mol. The van der Waals surface area contributed by atoms with Crippen molar-refractivity contribution in [2.24, 2.45) is 0 Å². The molecule has 1 amide bonds. The number of benzene rings is 1. The summed E-state index contributed by atoms with van der Waals surface area (Å²) in [6.45, 7) is 2.15. The number of thiazole rings is 1. The number of anilines is 1. The summed E-state index contributed by atoms with van der Waals surface area (Å²) in [4.78, 5) is 16.8. The van der Waals surface area contributed by atoms with E-state index in [0.29, 0.717) is 29.5 Å². The molecule has 6 nitrogen and oxygen atoms in total. The summed E-state index contributed by atoms with van der Waals surface area (Å²) in [5.41, 5.74) is 0.812. The van der Waals surface area contributed by atoms with Gasteiger partial charge >= 0.3 is 0 Å². The molecule has 1 aromatic carbocycles. The van der Waals surface area contributed by atoms with Gasteiger partial charge in [0.25, 0.3) is 0 Å². The van der Waals surface area contributed by atoms with Gasteiger partial charge in [0.1, 0.15) is 6.04 Å². The van der Waals surface area contributed by atoms with Gasteiger partial charge in [0.2, 0.25) is 15.9 Å². The number of aryl methyl sites for hydroxylation is 1. The summed E-state index contributed by atoms with van der Waals surface area (Å²) in [5.74, 6) is -0.348. The van der Waals surface area contributed by atoms with E-state index in [1.807, 2.05) is 12.3 Å². The Kier molecular flexibility index (Phi) is 4.91. The summed E-state index contributed by atoms with van der Waals surface area (Å²) < 4.78 is 26.9. The van der Waals surface area contributed by atoms with Crippen LogP contribution in [0, 0.1) is 6.92 Å². The highest BCUT2D eigenvalue weighted by atomic mass is 35.5. The molecule has 2 aromatic rings. The first-order valence-electron chi connectivity index (χ1n) is 7.38. The molecule has 9 heteroatoms. The molecule has 2 heterocycles. The summed E-state index contributed by atoms with van der Waals surface area (Å²) in [6, 6.07) is 5.23. The minimum absolute atomic E-state index is 0.136. The van der Waals surface area contributed by atoms with Crippen molar-refractivity contribution in [2.45, 2.75) is 30.7 Å². The molecule has 1 aromatic heterocycles. The zero-order valence-electron chi connectivity index (χ0n) is 12.9. The van der Waals surface area contributed by atoms with Crippen molar-refractivity contribution in [3.8, 4) is 0 Å². The third-order valence-electron chi connectivity index (χ3n) is 3.78. The number of aromatic nitrogens is 1. The molecule has 0 bridgehead atoms. The molecule has 1 fully saturated rings. The van der Waals surface area contributed by atoms with Crippen molar-refractivity contribution in [3.63, 3.8) is 0 Å². The van der Waals surface area contributed by atoms with Crippen molar-refractivity contribution in [1.29, 1.82) is 0 Å².